The van der Waals surface area contributed by atoms with E-state index in [1.54, 1.807) is 0 Å². The predicted octanol–water partition coefficient (Wildman–Crippen LogP) is 0.795. The molecule has 0 fully saturated rings. The molecule has 2 nitrogen and oxygen atoms in total. The van der Waals surface area contributed by atoms with Crippen LogP contribution < -0.4 is 11.5 Å². The SMILES string of the molecule is C=CC/C(=C\C(C)N)CN. The molecule has 2 heteroatoms. The molecule has 0 aromatic heterocycles. The van der Waals surface area contributed by atoms with Crippen LogP contribution in [0.3, 0.4) is 0 Å². The van der Waals surface area contributed by atoms with Crippen molar-refractivity contribution in [3.8, 4) is 0 Å². The first-order valence-corrected chi connectivity index (χ1v) is 3.46. The monoisotopic (exact) mass is 140 g/mol. The zero-order valence-corrected chi connectivity index (χ0v) is 6.51. The zero-order valence-electron chi connectivity index (χ0n) is 6.51. The highest BCUT2D eigenvalue weighted by atomic mass is 14.6. The van der Waals surface area contributed by atoms with E-state index >= 15 is 0 Å². The van der Waals surface area contributed by atoms with Gasteiger partial charge in [0.1, 0.15) is 0 Å². The van der Waals surface area contributed by atoms with Crippen molar-refractivity contribution in [1.82, 2.24) is 0 Å². The minimum absolute atomic E-state index is 0.0958. The minimum atomic E-state index is 0.0958. The smallest absolute Gasteiger partial charge is 0.0198 e. The van der Waals surface area contributed by atoms with E-state index in [9.17, 15) is 0 Å². The number of rotatable bonds is 4. The molecule has 0 rings (SSSR count). The number of hydrogen-bond acceptors (Lipinski definition) is 2. The Morgan fingerprint density at radius 2 is 2.30 bits per heavy atom. The number of allylic oxidation sites excluding steroid dienone is 1. The van der Waals surface area contributed by atoms with E-state index in [1.807, 2.05) is 19.1 Å². The third-order valence-electron chi connectivity index (χ3n) is 1.17. The largest absolute Gasteiger partial charge is 0.327 e. The van der Waals surface area contributed by atoms with Gasteiger partial charge < -0.3 is 11.5 Å². The van der Waals surface area contributed by atoms with Gasteiger partial charge in [-0.2, -0.15) is 0 Å². The first-order chi connectivity index (χ1) is 4.70. The van der Waals surface area contributed by atoms with Gasteiger partial charge in [-0.3, -0.25) is 0 Å². The maximum atomic E-state index is 5.53. The fourth-order valence-electron chi connectivity index (χ4n) is 0.777. The van der Waals surface area contributed by atoms with Crippen LogP contribution in [0.4, 0.5) is 0 Å². The summed E-state index contributed by atoms with van der Waals surface area (Å²) < 4.78 is 0. The normalized spacial score (nSPS) is 14.9. The summed E-state index contributed by atoms with van der Waals surface area (Å²) in [6.45, 7) is 6.12. The summed E-state index contributed by atoms with van der Waals surface area (Å²) in [5.41, 5.74) is 12.1. The van der Waals surface area contributed by atoms with Gasteiger partial charge in [0.25, 0.3) is 0 Å². The summed E-state index contributed by atoms with van der Waals surface area (Å²) in [4.78, 5) is 0. The van der Waals surface area contributed by atoms with Crippen LogP contribution in [0.15, 0.2) is 24.3 Å². The van der Waals surface area contributed by atoms with Gasteiger partial charge in [0.2, 0.25) is 0 Å². The third kappa shape index (κ3) is 4.30. The minimum Gasteiger partial charge on any atom is -0.327 e. The van der Waals surface area contributed by atoms with Crippen LogP contribution in [-0.2, 0) is 0 Å². The number of hydrogen-bond donors (Lipinski definition) is 2. The van der Waals surface area contributed by atoms with E-state index in [0.717, 1.165) is 12.0 Å². The van der Waals surface area contributed by atoms with Gasteiger partial charge in [-0.1, -0.05) is 17.7 Å². The average Bonchev–Trinajstić information content (AvgIpc) is 1.86. The van der Waals surface area contributed by atoms with Gasteiger partial charge in [0, 0.05) is 12.6 Å². The molecule has 0 heterocycles. The molecule has 0 bridgehead atoms. The van der Waals surface area contributed by atoms with Crippen molar-refractivity contribution < 1.29 is 0 Å². The second-order valence-corrected chi connectivity index (χ2v) is 2.38. The van der Waals surface area contributed by atoms with E-state index < -0.39 is 0 Å². The fraction of sp³-hybridized carbons (Fsp3) is 0.500. The van der Waals surface area contributed by atoms with E-state index in [2.05, 4.69) is 6.58 Å². The molecule has 10 heavy (non-hydrogen) atoms. The zero-order chi connectivity index (χ0) is 7.98. The van der Waals surface area contributed by atoms with Crippen LogP contribution in [0.25, 0.3) is 0 Å². The average molecular weight is 140 g/mol. The highest BCUT2D eigenvalue weighted by Gasteiger charge is 1.92. The molecule has 58 valence electrons. The highest BCUT2D eigenvalue weighted by molar-refractivity contribution is 5.10. The Morgan fingerprint density at radius 3 is 2.60 bits per heavy atom. The van der Waals surface area contributed by atoms with Crippen molar-refractivity contribution in [3.05, 3.63) is 24.3 Å². The molecule has 4 N–H and O–H groups in total. The summed E-state index contributed by atoms with van der Waals surface area (Å²) >= 11 is 0. The molecule has 0 aromatic rings. The Labute approximate surface area is 62.6 Å². The van der Waals surface area contributed by atoms with Gasteiger partial charge in [0.05, 0.1) is 0 Å². The molecule has 0 saturated carbocycles. The quantitative estimate of drug-likeness (QED) is 0.567. The van der Waals surface area contributed by atoms with Crippen LogP contribution in [0.2, 0.25) is 0 Å². The van der Waals surface area contributed by atoms with E-state index in [-0.39, 0.29) is 6.04 Å². The Kier molecular flexibility index (Phi) is 4.89. The Bertz CT molecular complexity index is 125. The molecule has 0 radical (unpaired) electrons. The Balaban J connectivity index is 3.90. The van der Waals surface area contributed by atoms with Crippen molar-refractivity contribution in [2.45, 2.75) is 19.4 Å². The summed E-state index contributed by atoms with van der Waals surface area (Å²) in [6.07, 6.45) is 4.65. The van der Waals surface area contributed by atoms with Gasteiger partial charge in [-0.25, -0.2) is 0 Å². The lowest BCUT2D eigenvalue weighted by atomic mass is 10.1. The molecule has 0 spiro atoms. The van der Waals surface area contributed by atoms with Gasteiger partial charge >= 0.3 is 0 Å². The van der Waals surface area contributed by atoms with Crippen LogP contribution >= 0.6 is 0 Å². The Hall–Kier alpha value is -0.600. The molecule has 0 aromatic carbocycles. The van der Waals surface area contributed by atoms with E-state index in [0.29, 0.717) is 6.54 Å². The first-order valence-electron chi connectivity index (χ1n) is 3.46. The molecule has 0 aliphatic rings. The second-order valence-electron chi connectivity index (χ2n) is 2.38. The van der Waals surface area contributed by atoms with Crippen LogP contribution in [0.5, 0.6) is 0 Å². The molecule has 0 saturated heterocycles. The fourth-order valence-corrected chi connectivity index (χ4v) is 0.777. The summed E-state index contributed by atoms with van der Waals surface area (Å²) in [5, 5.41) is 0. The molecular formula is C8H16N2. The van der Waals surface area contributed by atoms with E-state index in [4.69, 9.17) is 11.5 Å². The molecule has 1 atom stereocenters. The van der Waals surface area contributed by atoms with Crippen LogP contribution in [0.1, 0.15) is 13.3 Å². The Morgan fingerprint density at radius 1 is 1.70 bits per heavy atom. The van der Waals surface area contributed by atoms with Gasteiger partial charge in [0.15, 0.2) is 0 Å². The van der Waals surface area contributed by atoms with Crippen LogP contribution in [-0.4, -0.2) is 12.6 Å². The first kappa shape index (κ1) is 9.40. The predicted molar refractivity (Wildman–Crippen MR) is 45.6 cm³/mol. The second kappa shape index (κ2) is 5.21. The van der Waals surface area contributed by atoms with E-state index in [1.165, 1.54) is 0 Å². The molecule has 0 aliphatic heterocycles. The van der Waals surface area contributed by atoms with Gasteiger partial charge in [-0.15, -0.1) is 6.58 Å². The lowest BCUT2D eigenvalue weighted by Gasteiger charge is -2.02. The van der Waals surface area contributed by atoms with Crippen molar-refractivity contribution >= 4 is 0 Å². The summed E-state index contributed by atoms with van der Waals surface area (Å²) in [7, 11) is 0. The maximum Gasteiger partial charge on any atom is 0.0198 e. The molecular weight excluding hydrogens is 124 g/mol. The number of nitrogens with two attached hydrogens (primary N) is 2. The third-order valence-corrected chi connectivity index (χ3v) is 1.17. The maximum absolute atomic E-state index is 5.53. The van der Waals surface area contributed by atoms with Crippen LogP contribution in [0, 0.1) is 0 Å². The topological polar surface area (TPSA) is 52.0 Å². The molecule has 0 amide bonds. The summed E-state index contributed by atoms with van der Waals surface area (Å²) in [5.74, 6) is 0. The lowest BCUT2D eigenvalue weighted by Crippen LogP contribution is -2.14. The standard InChI is InChI=1S/C8H16N2/c1-3-4-8(6-9)5-7(2)10/h3,5,7H,1,4,6,9-10H2,2H3/b8-5+. The van der Waals surface area contributed by atoms with Crippen molar-refractivity contribution in [2.75, 3.05) is 6.54 Å². The summed E-state index contributed by atoms with van der Waals surface area (Å²) in [6, 6.07) is 0.0958. The van der Waals surface area contributed by atoms with Crippen molar-refractivity contribution in [3.63, 3.8) is 0 Å². The van der Waals surface area contributed by atoms with Gasteiger partial charge in [-0.05, 0) is 13.3 Å². The highest BCUT2D eigenvalue weighted by Crippen LogP contribution is 1.99. The van der Waals surface area contributed by atoms with Crippen molar-refractivity contribution in [2.24, 2.45) is 11.5 Å². The lowest BCUT2D eigenvalue weighted by molar-refractivity contribution is 0.895. The molecule has 1 unspecified atom stereocenters. The molecule has 0 aliphatic carbocycles. The van der Waals surface area contributed by atoms with Crippen molar-refractivity contribution in [1.29, 1.82) is 0 Å².